The molecule has 1 unspecified atom stereocenters. The second kappa shape index (κ2) is 7.21. The Morgan fingerprint density at radius 1 is 1.04 bits per heavy atom. The van der Waals surface area contributed by atoms with Gasteiger partial charge in [-0.25, -0.2) is 9.97 Å². The molecule has 0 radical (unpaired) electrons. The van der Waals surface area contributed by atoms with Gasteiger partial charge in [0.1, 0.15) is 6.33 Å². The average Bonchev–Trinajstić information content (AvgIpc) is 3.00. The molecule has 3 aliphatic rings. The molecule has 0 aromatic carbocycles. The lowest BCUT2D eigenvalue weighted by molar-refractivity contribution is 0.222. The molecule has 4 rings (SSSR count). The van der Waals surface area contributed by atoms with Gasteiger partial charge in [-0.15, -0.1) is 0 Å². The Bertz CT molecular complexity index is 650. The van der Waals surface area contributed by atoms with E-state index in [-0.39, 0.29) is 0 Å². The summed E-state index contributed by atoms with van der Waals surface area (Å²) in [5.41, 5.74) is 7.53. The van der Waals surface area contributed by atoms with Crippen molar-refractivity contribution in [3.05, 3.63) is 28.9 Å². The molecule has 136 valence electrons. The quantitative estimate of drug-likeness (QED) is 0.672. The molecule has 1 aromatic heterocycles. The van der Waals surface area contributed by atoms with Crippen LogP contribution in [-0.4, -0.2) is 9.97 Å². The van der Waals surface area contributed by atoms with Gasteiger partial charge in [-0.3, -0.25) is 0 Å². The topological polar surface area (TPSA) is 25.8 Å². The van der Waals surface area contributed by atoms with E-state index in [1.54, 1.807) is 11.1 Å². The first-order chi connectivity index (χ1) is 12.2. The lowest BCUT2D eigenvalue weighted by atomic mass is 9.75. The summed E-state index contributed by atoms with van der Waals surface area (Å²) in [6.45, 7) is 7.13. The molecule has 1 aromatic rings. The maximum Gasteiger partial charge on any atom is 0.115 e. The van der Waals surface area contributed by atoms with Gasteiger partial charge in [0.15, 0.2) is 0 Å². The van der Waals surface area contributed by atoms with Gasteiger partial charge < -0.3 is 0 Å². The predicted octanol–water partition coefficient (Wildman–Crippen LogP) is 6.00. The molecule has 0 N–H and O–H groups in total. The minimum Gasteiger partial charge on any atom is -0.241 e. The van der Waals surface area contributed by atoms with Crippen molar-refractivity contribution in [3.63, 3.8) is 0 Å². The largest absolute Gasteiger partial charge is 0.241 e. The third-order valence-corrected chi connectivity index (χ3v) is 7.34. The second-order valence-corrected chi connectivity index (χ2v) is 9.15. The van der Waals surface area contributed by atoms with Crippen LogP contribution in [0.25, 0.3) is 5.57 Å². The Morgan fingerprint density at radius 2 is 1.84 bits per heavy atom. The van der Waals surface area contributed by atoms with Gasteiger partial charge in [0.25, 0.3) is 0 Å². The van der Waals surface area contributed by atoms with Crippen molar-refractivity contribution in [3.8, 4) is 0 Å². The highest BCUT2D eigenvalue weighted by Gasteiger charge is 2.32. The molecule has 0 saturated heterocycles. The number of fused-ring (bicyclic) bond motifs is 2. The fraction of sp³-hybridized carbons (Fsp3) is 0.739. The standard InChI is InChI=1S/C23H34N2/c1-4-16-7-10-20-19(11-16)13-22-23(20)21(24-14-25-22)12-17-5-8-18(9-6-17)15(2)3/h14-18H,4-13H2,1-3H3/t16?,17-,18-. The normalized spacial score (nSPS) is 29.0. The van der Waals surface area contributed by atoms with Crippen LogP contribution in [0, 0.1) is 23.7 Å². The molecule has 1 fully saturated rings. The van der Waals surface area contributed by atoms with Crippen LogP contribution >= 0.6 is 0 Å². The zero-order valence-corrected chi connectivity index (χ0v) is 16.4. The van der Waals surface area contributed by atoms with E-state index in [0.29, 0.717) is 0 Å². The minimum absolute atomic E-state index is 0.839. The van der Waals surface area contributed by atoms with E-state index in [4.69, 9.17) is 4.98 Å². The Hall–Kier alpha value is -1.18. The van der Waals surface area contributed by atoms with Crippen molar-refractivity contribution < 1.29 is 0 Å². The smallest absolute Gasteiger partial charge is 0.115 e. The molecule has 1 saturated carbocycles. The molecule has 1 heterocycles. The lowest BCUT2D eigenvalue weighted by Gasteiger charge is -2.31. The molecule has 0 spiro atoms. The molecule has 0 bridgehead atoms. The van der Waals surface area contributed by atoms with Crippen LogP contribution < -0.4 is 0 Å². The zero-order valence-electron chi connectivity index (χ0n) is 16.4. The Kier molecular flexibility index (Phi) is 4.97. The predicted molar refractivity (Wildman–Crippen MR) is 104 cm³/mol. The van der Waals surface area contributed by atoms with Crippen LogP contribution in [0.4, 0.5) is 0 Å². The first-order valence-electron chi connectivity index (χ1n) is 10.7. The highest BCUT2D eigenvalue weighted by Crippen LogP contribution is 2.45. The Labute approximate surface area is 153 Å². The third kappa shape index (κ3) is 3.41. The molecular formula is C23H34N2. The molecular weight excluding hydrogens is 304 g/mol. The number of rotatable bonds is 4. The minimum atomic E-state index is 0.839. The van der Waals surface area contributed by atoms with Gasteiger partial charge in [-0.05, 0) is 80.6 Å². The van der Waals surface area contributed by atoms with Gasteiger partial charge in [0.05, 0.1) is 11.4 Å². The summed E-state index contributed by atoms with van der Waals surface area (Å²) in [5.74, 6) is 3.54. The fourth-order valence-electron chi connectivity index (χ4n) is 5.56. The van der Waals surface area contributed by atoms with E-state index in [2.05, 4.69) is 25.8 Å². The summed E-state index contributed by atoms with van der Waals surface area (Å²) in [4.78, 5) is 9.45. The first kappa shape index (κ1) is 17.2. The molecule has 0 amide bonds. The van der Waals surface area contributed by atoms with Crippen LogP contribution in [0.5, 0.6) is 0 Å². The first-order valence-corrected chi connectivity index (χ1v) is 10.7. The number of hydrogen-bond acceptors (Lipinski definition) is 2. The number of allylic oxidation sites excluding steroid dienone is 2. The van der Waals surface area contributed by atoms with E-state index >= 15 is 0 Å². The van der Waals surface area contributed by atoms with E-state index in [1.165, 1.54) is 74.7 Å². The summed E-state index contributed by atoms with van der Waals surface area (Å²) in [6, 6.07) is 0. The number of hydrogen-bond donors (Lipinski definition) is 0. The SMILES string of the molecule is CCC1CCC2=C(Cc3ncnc(C[C@H]4CC[C@H](C(C)C)CC4)c32)C1. The summed E-state index contributed by atoms with van der Waals surface area (Å²) in [7, 11) is 0. The number of aromatic nitrogens is 2. The third-order valence-electron chi connectivity index (χ3n) is 7.34. The maximum absolute atomic E-state index is 4.78. The molecule has 3 aliphatic carbocycles. The summed E-state index contributed by atoms with van der Waals surface area (Å²) in [6.07, 6.45) is 15.0. The van der Waals surface area contributed by atoms with Gasteiger partial charge in [-0.2, -0.15) is 0 Å². The van der Waals surface area contributed by atoms with E-state index < -0.39 is 0 Å². The highest BCUT2D eigenvalue weighted by molar-refractivity contribution is 5.77. The van der Waals surface area contributed by atoms with Crippen molar-refractivity contribution in [1.82, 2.24) is 9.97 Å². The van der Waals surface area contributed by atoms with E-state index in [0.717, 1.165) is 30.1 Å². The molecule has 0 aliphatic heterocycles. The monoisotopic (exact) mass is 338 g/mol. The highest BCUT2D eigenvalue weighted by atomic mass is 14.9. The molecule has 25 heavy (non-hydrogen) atoms. The van der Waals surface area contributed by atoms with Gasteiger partial charge >= 0.3 is 0 Å². The van der Waals surface area contributed by atoms with Gasteiger partial charge in [-0.1, -0.05) is 32.8 Å². The van der Waals surface area contributed by atoms with Crippen molar-refractivity contribution in [2.45, 2.75) is 85.0 Å². The van der Waals surface area contributed by atoms with Crippen molar-refractivity contribution in [1.29, 1.82) is 0 Å². The van der Waals surface area contributed by atoms with Crippen molar-refractivity contribution in [2.75, 3.05) is 0 Å². The molecule has 1 atom stereocenters. The van der Waals surface area contributed by atoms with E-state index in [9.17, 15) is 0 Å². The zero-order chi connectivity index (χ0) is 17.4. The molecule has 2 heteroatoms. The van der Waals surface area contributed by atoms with Crippen molar-refractivity contribution in [2.24, 2.45) is 23.7 Å². The van der Waals surface area contributed by atoms with Crippen LogP contribution in [0.15, 0.2) is 11.9 Å². The summed E-state index contributed by atoms with van der Waals surface area (Å²) in [5, 5.41) is 0. The van der Waals surface area contributed by atoms with E-state index in [1.807, 2.05) is 6.33 Å². The molecule has 2 nitrogen and oxygen atoms in total. The number of nitrogens with zero attached hydrogens (tertiary/aromatic N) is 2. The van der Waals surface area contributed by atoms with Crippen molar-refractivity contribution >= 4 is 5.57 Å². The maximum atomic E-state index is 4.78. The summed E-state index contributed by atoms with van der Waals surface area (Å²) < 4.78 is 0. The lowest BCUT2D eigenvalue weighted by Crippen LogP contribution is -2.20. The Balaban J connectivity index is 1.50. The van der Waals surface area contributed by atoms with Gasteiger partial charge in [0, 0.05) is 12.0 Å². The summed E-state index contributed by atoms with van der Waals surface area (Å²) >= 11 is 0. The van der Waals surface area contributed by atoms with Crippen LogP contribution in [-0.2, 0) is 12.8 Å². The van der Waals surface area contributed by atoms with Gasteiger partial charge in [0.2, 0.25) is 0 Å². The Morgan fingerprint density at radius 3 is 2.56 bits per heavy atom. The van der Waals surface area contributed by atoms with Crippen LogP contribution in [0.2, 0.25) is 0 Å². The second-order valence-electron chi connectivity index (χ2n) is 9.15. The van der Waals surface area contributed by atoms with Crippen LogP contribution in [0.1, 0.15) is 89.1 Å². The average molecular weight is 339 g/mol. The van der Waals surface area contributed by atoms with Crippen LogP contribution in [0.3, 0.4) is 0 Å². The fourth-order valence-corrected chi connectivity index (χ4v) is 5.56.